The number of hydrogen-bond donors (Lipinski definition) is 2. The van der Waals surface area contributed by atoms with E-state index in [4.69, 9.17) is 5.73 Å². The van der Waals surface area contributed by atoms with E-state index in [1.165, 1.54) is 12.1 Å². The van der Waals surface area contributed by atoms with Gasteiger partial charge in [0.15, 0.2) is 0 Å². The molecule has 3 aliphatic heterocycles. The fourth-order valence-corrected chi connectivity index (χ4v) is 5.32. The topological polar surface area (TPSA) is 81.9 Å². The number of carbonyl (C=O) groups excluding carboxylic acids is 2. The Kier molecular flexibility index (Phi) is 6.45. The summed E-state index contributed by atoms with van der Waals surface area (Å²) in [6.45, 7) is 9.42. The lowest BCUT2D eigenvalue weighted by molar-refractivity contribution is -0.141. The molecule has 3 N–H and O–H groups in total. The number of nitrogens with one attached hydrogen (secondary N) is 1. The highest BCUT2D eigenvalue weighted by Crippen LogP contribution is 2.41. The number of nitrogens with two attached hydrogens (primary N) is 1. The number of rotatable bonds is 5. The first-order valence-electron chi connectivity index (χ1n) is 11.8. The number of benzene rings is 1. The zero-order valence-electron chi connectivity index (χ0n) is 19.3. The molecule has 1 spiro atoms. The molecule has 8 heteroatoms. The second-order valence-corrected chi connectivity index (χ2v) is 10.3. The molecule has 176 valence electrons. The maximum atomic E-state index is 13.1. The van der Waals surface area contributed by atoms with Gasteiger partial charge in [-0.05, 0) is 63.8 Å². The summed E-state index contributed by atoms with van der Waals surface area (Å²) >= 11 is 0. The van der Waals surface area contributed by atoms with Gasteiger partial charge < -0.3 is 20.9 Å². The maximum Gasteiger partial charge on any atom is 0.242 e. The molecule has 4 rings (SSSR count). The first kappa shape index (κ1) is 23.0. The second-order valence-electron chi connectivity index (χ2n) is 10.3. The van der Waals surface area contributed by atoms with E-state index >= 15 is 0 Å². The Morgan fingerprint density at radius 3 is 2.34 bits per heavy atom. The SMILES string of the molecule is CC(C)(N)C(=O)N1CCC2(CC1)C[C@H](CCN1CCN(c3ccc(F)cc3)CC1)NC2=O. The first-order valence-corrected chi connectivity index (χ1v) is 11.8. The van der Waals surface area contributed by atoms with E-state index in [1.807, 2.05) is 17.0 Å². The van der Waals surface area contributed by atoms with Crippen LogP contribution in [0.15, 0.2) is 24.3 Å². The van der Waals surface area contributed by atoms with Crippen molar-refractivity contribution in [1.82, 2.24) is 15.1 Å². The van der Waals surface area contributed by atoms with Crippen molar-refractivity contribution in [2.24, 2.45) is 11.1 Å². The lowest BCUT2D eigenvalue weighted by atomic mass is 9.75. The van der Waals surface area contributed by atoms with Crippen molar-refractivity contribution in [2.75, 3.05) is 50.7 Å². The predicted molar refractivity (Wildman–Crippen MR) is 123 cm³/mol. The quantitative estimate of drug-likeness (QED) is 0.719. The highest BCUT2D eigenvalue weighted by Gasteiger charge is 2.49. The Bertz CT molecular complexity index is 822. The van der Waals surface area contributed by atoms with E-state index in [-0.39, 0.29) is 29.1 Å². The number of carbonyl (C=O) groups is 2. The summed E-state index contributed by atoms with van der Waals surface area (Å²) in [5.41, 5.74) is 5.84. The van der Waals surface area contributed by atoms with Gasteiger partial charge in [-0.25, -0.2) is 4.39 Å². The lowest BCUT2D eigenvalue weighted by Gasteiger charge is -2.39. The van der Waals surface area contributed by atoms with Gasteiger partial charge in [-0.2, -0.15) is 0 Å². The van der Waals surface area contributed by atoms with Crippen LogP contribution in [0.3, 0.4) is 0 Å². The van der Waals surface area contributed by atoms with E-state index in [1.54, 1.807) is 13.8 Å². The third-order valence-electron chi connectivity index (χ3n) is 7.37. The van der Waals surface area contributed by atoms with Crippen LogP contribution in [0.5, 0.6) is 0 Å². The summed E-state index contributed by atoms with van der Waals surface area (Å²) in [5.74, 6) is -0.0888. The Hall–Kier alpha value is -2.19. The minimum Gasteiger partial charge on any atom is -0.369 e. The molecule has 3 saturated heterocycles. The fourth-order valence-electron chi connectivity index (χ4n) is 5.32. The third-order valence-corrected chi connectivity index (χ3v) is 7.37. The van der Waals surface area contributed by atoms with Crippen molar-refractivity contribution in [2.45, 2.75) is 51.1 Å². The zero-order valence-corrected chi connectivity index (χ0v) is 19.3. The summed E-state index contributed by atoms with van der Waals surface area (Å²) in [6.07, 6.45) is 3.24. The first-order chi connectivity index (χ1) is 15.2. The number of anilines is 1. The van der Waals surface area contributed by atoms with Crippen molar-refractivity contribution in [1.29, 1.82) is 0 Å². The second kappa shape index (κ2) is 8.98. The van der Waals surface area contributed by atoms with Gasteiger partial charge in [0, 0.05) is 57.5 Å². The maximum absolute atomic E-state index is 13.1. The van der Waals surface area contributed by atoms with Gasteiger partial charge in [0.1, 0.15) is 5.82 Å². The molecule has 0 unspecified atom stereocenters. The smallest absolute Gasteiger partial charge is 0.242 e. The summed E-state index contributed by atoms with van der Waals surface area (Å²) in [5, 5.41) is 3.23. The van der Waals surface area contributed by atoms with E-state index in [2.05, 4.69) is 15.1 Å². The van der Waals surface area contributed by atoms with Crippen LogP contribution < -0.4 is 16.0 Å². The van der Waals surface area contributed by atoms with Crippen LogP contribution in [-0.4, -0.2) is 79.0 Å². The Morgan fingerprint density at radius 2 is 1.75 bits per heavy atom. The number of halogens is 1. The van der Waals surface area contributed by atoms with Crippen molar-refractivity contribution >= 4 is 17.5 Å². The predicted octanol–water partition coefficient (Wildman–Crippen LogP) is 1.57. The Balaban J connectivity index is 1.22. The van der Waals surface area contributed by atoms with Crippen LogP contribution >= 0.6 is 0 Å². The number of likely N-dealkylation sites (tertiary alicyclic amines) is 1. The van der Waals surface area contributed by atoms with Crippen molar-refractivity contribution in [3.8, 4) is 0 Å². The molecule has 32 heavy (non-hydrogen) atoms. The van der Waals surface area contributed by atoms with Crippen LogP contribution in [0.4, 0.5) is 10.1 Å². The van der Waals surface area contributed by atoms with Crippen molar-refractivity contribution in [3.05, 3.63) is 30.1 Å². The summed E-state index contributed by atoms with van der Waals surface area (Å²) < 4.78 is 13.1. The number of piperidine rings is 1. The number of nitrogens with zero attached hydrogens (tertiary/aromatic N) is 3. The average molecular weight is 446 g/mol. The number of hydrogen-bond acceptors (Lipinski definition) is 5. The molecule has 1 aromatic carbocycles. The third kappa shape index (κ3) is 4.91. The minimum absolute atomic E-state index is 0.0397. The number of piperazine rings is 1. The van der Waals surface area contributed by atoms with Gasteiger partial charge in [0.25, 0.3) is 0 Å². The Morgan fingerprint density at radius 1 is 1.12 bits per heavy atom. The molecule has 7 nitrogen and oxygen atoms in total. The van der Waals surface area contributed by atoms with Gasteiger partial charge in [-0.3, -0.25) is 14.5 Å². The summed E-state index contributed by atoms with van der Waals surface area (Å²) in [7, 11) is 0. The molecule has 0 radical (unpaired) electrons. The van der Waals surface area contributed by atoms with E-state index in [0.29, 0.717) is 25.9 Å². The Labute approximate surface area is 190 Å². The lowest BCUT2D eigenvalue weighted by Crippen LogP contribution is -2.55. The molecule has 1 aromatic rings. The van der Waals surface area contributed by atoms with E-state index in [0.717, 1.165) is 51.3 Å². The zero-order chi connectivity index (χ0) is 22.9. The van der Waals surface area contributed by atoms with Crippen LogP contribution in [0.1, 0.15) is 39.5 Å². The van der Waals surface area contributed by atoms with Crippen LogP contribution in [0.25, 0.3) is 0 Å². The molecular formula is C24H36FN5O2. The molecule has 3 heterocycles. The van der Waals surface area contributed by atoms with Gasteiger partial charge in [0.05, 0.1) is 11.0 Å². The van der Waals surface area contributed by atoms with Crippen LogP contribution in [0, 0.1) is 11.2 Å². The summed E-state index contributed by atoms with van der Waals surface area (Å²) in [6, 6.07) is 6.90. The minimum atomic E-state index is -0.869. The molecule has 3 aliphatic rings. The van der Waals surface area contributed by atoms with E-state index < -0.39 is 5.54 Å². The van der Waals surface area contributed by atoms with Crippen LogP contribution in [-0.2, 0) is 9.59 Å². The van der Waals surface area contributed by atoms with Gasteiger partial charge in [0.2, 0.25) is 11.8 Å². The fraction of sp³-hybridized carbons (Fsp3) is 0.667. The molecule has 2 amide bonds. The standard InChI is InChI=1S/C24H36FN5O2/c1-23(2,26)22(32)30-11-8-24(9-12-30)17-19(27-21(24)31)7-10-28-13-15-29(16-14-28)20-5-3-18(25)4-6-20/h3-6,19H,7-17,26H2,1-2H3,(H,27,31)/t19-/m0/s1. The summed E-state index contributed by atoms with van der Waals surface area (Å²) in [4.78, 5) is 31.8. The molecule has 1 atom stereocenters. The molecule has 0 aliphatic carbocycles. The molecule has 0 aromatic heterocycles. The van der Waals surface area contributed by atoms with Gasteiger partial charge in [-0.15, -0.1) is 0 Å². The molecule has 3 fully saturated rings. The highest BCUT2D eigenvalue weighted by atomic mass is 19.1. The van der Waals surface area contributed by atoms with Crippen LogP contribution in [0.2, 0.25) is 0 Å². The largest absolute Gasteiger partial charge is 0.369 e. The normalized spacial score (nSPS) is 24.1. The van der Waals surface area contributed by atoms with Crippen molar-refractivity contribution in [3.63, 3.8) is 0 Å². The monoisotopic (exact) mass is 445 g/mol. The number of amides is 2. The van der Waals surface area contributed by atoms with E-state index in [9.17, 15) is 14.0 Å². The van der Waals surface area contributed by atoms with Gasteiger partial charge in [-0.1, -0.05) is 0 Å². The van der Waals surface area contributed by atoms with Gasteiger partial charge >= 0.3 is 0 Å². The molecule has 0 bridgehead atoms. The molecule has 0 saturated carbocycles. The average Bonchev–Trinajstić information content (AvgIpc) is 3.07. The van der Waals surface area contributed by atoms with Crippen molar-refractivity contribution < 1.29 is 14.0 Å². The highest BCUT2D eigenvalue weighted by molar-refractivity contribution is 5.87. The molecular weight excluding hydrogens is 409 g/mol.